The van der Waals surface area contributed by atoms with Gasteiger partial charge in [0.15, 0.2) is 0 Å². The van der Waals surface area contributed by atoms with E-state index in [4.69, 9.17) is 11.6 Å². The summed E-state index contributed by atoms with van der Waals surface area (Å²) in [7, 11) is 0. The monoisotopic (exact) mass is 545 g/mol. The zero-order chi connectivity index (χ0) is 27.7. The number of hydrogen-bond acceptors (Lipinski definition) is 4. The van der Waals surface area contributed by atoms with Gasteiger partial charge < -0.3 is 20.4 Å². The number of nitrogens with zero attached hydrogens (tertiary/aromatic N) is 3. The van der Waals surface area contributed by atoms with Crippen LogP contribution in [0.25, 0.3) is 0 Å². The quantitative estimate of drug-likeness (QED) is 0.261. The summed E-state index contributed by atoms with van der Waals surface area (Å²) in [5.41, 5.74) is 2.64. The number of benzene rings is 1. The van der Waals surface area contributed by atoms with Gasteiger partial charge in [0.05, 0.1) is 11.3 Å². The number of pyridine rings is 1. The molecule has 1 aromatic heterocycles. The number of aryl methyl sites for hydroxylation is 2. The van der Waals surface area contributed by atoms with Crippen LogP contribution in [0.1, 0.15) is 74.0 Å². The minimum Gasteiger partial charge on any atom is -0.352 e. The lowest BCUT2D eigenvalue weighted by Crippen LogP contribution is -2.51. The number of piperidine rings is 1. The molecule has 38 heavy (non-hydrogen) atoms. The summed E-state index contributed by atoms with van der Waals surface area (Å²) < 4.78 is 13.3. The van der Waals surface area contributed by atoms with E-state index in [9.17, 15) is 14.0 Å². The first kappa shape index (κ1) is 29.8. The van der Waals surface area contributed by atoms with E-state index in [-0.39, 0.29) is 23.8 Å². The molecule has 0 saturated carbocycles. The van der Waals surface area contributed by atoms with Gasteiger partial charge in [-0.25, -0.2) is 14.2 Å². The highest BCUT2D eigenvalue weighted by atomic mass is 35.5. The van der Waals surface area contributed by atoms with Gasteiger partial charge in [0.1, 0.15) is 11.0 Å². The number of carbonyl (C=O) groups is 2. The lowest BCUT2D eigenvalue weighted by Gasteiger charge is -2.40. The molecule has 1 atom stereocenters. The molecule has 1 fully saturated rings. The number of rotatable bonds is 11. The third-order valence-corrected chi connectivity index (χ3v) is 7.56. The summed E-state index contributed by atoms with van der Waals surface area (Å²) in [6, 6.07) is 7.95. The van der Waals surface area contributed by atoms with Crippen LogP contribution in [-0.4, -0.2) is 65.0 Å². The second-order valence-corrected chi connectivity index (χ2v) is 10.6. The van der Waals surface area contributed by atoms with E-state index in [0.29, 0.717) is 41.2 Å². The molecule has 0 aliphatic carbocycles. The lowest BCUT2D eigenvalue weighted by atomic mass is 10.0. The number of unbranched alkanes of at least 4 members (excludes halogenated alkanes) is 2. The van der Waals surface area contributed by atoms with Crippen LogP contribution in [0.5, 0.6) is 0 Å². The molecule has 0 bridgehead atoms. The predicted octanol–water partition coefficient (Wildman–Crippen LogP) is 6.19. The van der Waals surface area contributed by atoms with Crippen molar-refractivity contribution >= 4 is 29.2 Å². The largest absolute Gasteiger partial charge is 0.352 e. The van der Waals surface area contributed by atoms with Crippen molar-refractivity contribution < 1.29 is 14.0 Å². The minimum absolute atomic E-state index is 0.120. The molecule has 3 rings (SSSR count). The summed E-state index contributed by atoms with van der Waals surface area (Å²) in [5.74, 6) is -0.443. The summed E-state index contributed by atoms with van der Waals surface area (Å²) in [6.45, 7) is 11.1. The van der Waals surface area contributed by atoms with Crippen LogP contribution in [0, 0.1) is 19.7 Å². The number of nitrogens with one attached hydrogen (secondary N) is 2. The molecule has 1 saturated heterocycles. The van der Waals surface area contributed by atoms with Crippen LogP contribution >= 0.6 is 11.6 Å². The van der Waals surface area contributed by atoms with Gasteiger partial charge in [-0.1, -0.05) is 31.4 Å². The molecule has 1 aromatic carbocycles. The number of likely N-dealkylation sites (tertiary alicyclic amines) is 1. The molecule has 3 amide bonds. The summed E-state index contributed by atoms with van der Waals surface area (Å²) in [6.07, 6.45) is 5.76. The van der Waals surface area contributed by atoms with E-state index in [2.05, 4.69) is 34.4 Å². The van der Waals surface area contributed by atoms with Gasteiger partial charge >= 0.3 is 6.03 Å². The molecule has 0 unspecified atom stereocenters. The second kappa shape index (κ2) is 14.4. The molecule has 2 N–H and O–H groups in total. The van der Waals surface area contributed by atoms with Crippen LogP contribution < -0.4 is 10.6 Å². The molecule has 0 spiro atoms. The first-order chi connectivity index (χ1) is 18.2. The maximum Gasteiger partial charge on any atom is 0.322 e. The fourth-order valence-corrected chi connectivity index (χ4v) is 5.43. The third-order valence-electron chi connectivity index (χ3n) is 7.36. The number of hydrogen-bond donors (Lipinski definition) is 2. The van der Waals surface area contributed by atoms with E-state index in [1.165, 1.54) is 12.1 Å². The molecular formula is C29H41ClFN5O2. The Morgan fingerprint density at radius 1 is 1.18 bits per heavy atom. The molecule has 9 heteroatoms. The highest BCUT2D eigenvalue weighted by Gasteiger charge is 2.29. The van der Waals surface area contributed by atoms with Gasteiger partial charge in [-0.2, -0.15) is 0 Å². The van der Waals surface area contributed by atoms with Crippen molar-refractivity contribution in [1.29, 1.82) is 0 Å². The Labute approximate surface area is 231 Å². The molecular weight excluding hydrogens is 505 g/mol. The van der Waals surface area contributed by atoms with Crippen LogP contribution in [0.3, 0.4) is 0 Å². The highest BCUT2D eigenvalue weighted by molar-refractivity contribution is 6.29. The average molecular weight is 546 g/mol. The maximum absolute atomic E-state index is 13.3. The first-order valence-corrected chi connectivity index (χ1v) is 14.1. The molecule has 0 radical (unpaired) electrons. The summed E-state index contributed by atoms with van der Waals surface area (Å²) in [4.78, 5) is 34.5. The summed E-state index contributed by atoms with van der Waals surface area (Å²) in [5, 5.41) is 6.37. The van der Waals surface area contributed by atoms with Crippen molar-refractivity contribution in [3.05, 3.63) is 58.1 Å². The number of amides is 3. The first-order valence-electron chi connectivity index (χ1n) is 13.7. The SMILES string of the molecule is CCCCCN(C(=O)Nc1ccc(F)cc1)C1CCN([C@H](C)CCNC(=O)c2c(C)cc(Cl)nc2C)CC1. The number of carbonyl (C=O) groups excluding carboxylic acids is 2. The van der Waals surface area contributed by atoms with Crippen LogP contribution in [0.15, 0.2) is 30.3 Å². The Morgan fingerprint density at radius 2 is 1.87 bits per heavy atom. The standard InChI is InChI=1S/C29H41ClFN5O2/c1-5-6-7-16-36(29(38)34-24-10-8-23(31)9-11-24)25-13-17-35(18-14-25)21(3)12-15-32-28(37)27-20(2)19-26(30)33-22(27)4/h8-11,19,21,25H,5-7,12-18H2,1-4H3,(H,32,37)(H,34,38)/t21-/m1/s1. The molecule has 208 valence electrons. The van der Waals surface area contributed by atoms with Crippen molar-refractivity contribution in [3.8, 4) is 0 Å². The van der Waals surface area contributed by atoms with Gasteiger partial charge in [-0.15, -0.1) is 0 Å². The van der Waals surface area contributed by atoms with E-state index in [1.54, 1.807) is 25.1 Å². The molecule has 2 heterocycles. The number of urea groups is 1. The Kier molecular flexibility index (Phi) is 11.3. The fraction of sp³-hybridized carbons (Fsp3) is 0.552. The predicted molar refractivity (Wildman–Crippen MR) is 151 cm³/mol. The van der Waals surface area contributed by atoms with Gasteiger partial charge in [-0.05, 0) is 82.3 Å². The Balaban J connectivity index is 1.50. The molecule has 7 nitrogen and oxygen atoms in total. The lowest BCUT2D eigenvalue weighted by molar-refractivity contribution is 0.0923. The van der Waals surface area contributed by atoms with Crippen molar-refractivity contribution in [3.63, 3.8) is 0 Å². The van der Waals surface area contributed by atoms with E-state index in [0.717, 1.165) is 57.2 Å². The van der Waals surface area contributed by atoms with Crippen molar-refractivity contribution in [1.82, 2.24) is 20.1 Å². The van der Waals surface area contributed by atoms with E-state index >= 15 is 0 Å². The van der Waals surface area contributed by atoms with Crippen molar-refractivity contribution in [2.24, 2.45) is 0 Å². The van der Waals surface area contributed by atoms with Crippen LogP contribution in [0.2, 0.25) is 5.15 Å². The normalized spacial score (nSPS) is 15.2. The number of anilines is 1. The molecule has 1 aliphatic rings. The maximum atomic E-state index is 13.3. The van der Waals surface area contributed by atoms with Crippen molar-refractivity contribution in [2.75, 3.05) is 31.5 Å². The molecule has 2 aromatic rings. The number of aromatic nitrogens is 1. The Hall–Kier alpha value is -2.71. The zero-order valence-electron chi connectivity index (χ0n) is 23.0. The van der Waals surface area contributed by atoms with Crippen molar-refractivity contribution in [2.45, 2.75) is 78.3 Å². The second-order valence-electron chi connectivity index (χ2n) is 10.2. The third kappa shape index (κ3) is 8.40. The highest BCUT2D eigenvalue weighted by Crippen LogP contribution is 2.22. The van der Waals surface area contributed by atoms with Crippen LogP contribution in [0.4, 0.5) is 14.9 Å². The Bertz CT molecular complexity index is 1050. The van der Waals surface area contributed by atoms with Gasteiger partial charge in [0, 0.05) is 44.0 Å². The van der Waals surface area contributed by atoms with Gasteiger partial charge in [-0.3, -0.25) is 4.79 Å². The van der Waals surface area contributed by atoms with E-state index < -0.39 is 0 Å². The minimum atomic E-state index is -0.323. The summed E-state index contributed by atoms with van der Waals surface area (Å²) >= 11 is 5.99. The van der Waals surface area contributed by atoms with E-state index in [1.807, 2.05) is 11.8 Å². The topological polar surface area (TPSA) is 77.6 Å². The van der Waals surface area contributed by atoms with Gasteiger partial charge in [0.2, 0.25) is 0 Å². The fourth-order valence-electron chi connectivity index (χ4n) is 5.14. The molecule has 1 aliphatic heterocycles. The van der Waals surface area contributed by atoms with Gasteiger partial charge in [0.25, 0.3) is 5.91 Å². The Morgan fingerprint density at radius 3 is 2.50 bits per heavy atom. The average Bonchev–Trinajstić information content (AvgIpc) is 2.87. The smallest absolute Gasteiger partial charge is 0.322 e. The number of halogens is 2. The zero-order valence-corrected chi connectivity index (χ0v) is 23.8. The van der Waals surface area contributed by atoms with Crippen LogP contribution in [-0.2, 0) is 0 Å².